The number of benzene rings is 1. The van der Waals surface area contributed by atoms with E-state index in [4.69, 9.17) is 9.15 Å². The lowest BCUT2D eigenvalue weighted by molar-refractivity contribution is 0.242. The van der Waals surface area contributed by atoms with Crippen LogP contribution in [0.5, 0.6) is 5.75 Å². The predicted octanol–water partition coefficient (Wildman–Crippen LogP) is 2.44. The van der Waals surface area contributed by atoms with Crippen molar-refractivity contribution in [3.63, 3.8) is 0 Å². The van der Waals surface area contributed by atoms with E-state index in [1.807, 2.05) is 13.8 Å². The highest BCUT2D eigenvalue weighted by Crippen LogP contribution is 2.18. The van der Waals surface area contributed by atoms with Gasteiger partial charge in [-0.05, 0) is 50.2 Å². The summed E-state index contributed by atoms with van der Waals surface area (Å²) in [6.45, 7) is 3.96. The van der Waals surface area contributed by atoms with Crippen LogP contribution in [0, 0.1) is 0 Å². The van der Waals surface area contributed by atoms with E-state index >= 15 is 0 Å². The first-order chi connectivity index (χ1) is 12.9. The first-order valence-electron chi connectivity index (χ1n) is 8.43. The Morgan fingerprint density at radius 3 is 2.44 bits per heavy atom. The van der Waals surface area contributed by atoms with Crippen molar-refractivity contribution in [2.75, 3.05) is 6.54 Å². The van der Waals surface area contributed by atoms with Crippen molar-refractivity contribution in [1.29, 1.82) is 0 Å². The standard InChI is InChI=1S/C18H20N4O4S/c1-13(2)25-15-3-5-16(6-4-15)27(23,24)20-12-9-17-21-22-18(26-17)14-7-10-19-11-8-14/h3-8,10-11,13,20H,9,12H2,1-2H3. The lowest BCUT2D eigenvalue weighted by Gasteiger charge is -2.10. The molecule has 3 rings (SSSR count). The molecule has 0 amide bonds. The molecule has 142 valence electrons. The van der Waals surface area contributed by atoms with Gasteiger partial charge in [0.2, 0.25) is 21.8 Å². The van der Waals surface area contributed by atoms with Crippen LogP contribution < -0.4 is 9.46 Å². The van der Waals surface area contributed by atoms with Crippen LogP contribution in [-0.2, 0) is 16.4 Å². The number of aromatic nitrogens is 3. The van der Waals surface area contributed by atoms with Gasteiger partial charge >= 0.3 is 0 Å². The molecule has 0 unspecified atom stereocenters. The number of nitrogens with one attached hydrogen (secondary N) is 1. The van der Waals surface area contributed by atoms with E-state index < -0.39 is 10.0 Å². The van der Waals surface area contributed by atoms with E-state index in [1.54, 1.807) is 36.7 Å². The molecule has 8 nitrogen and oxygen atoms in total. The second kappa shape index (κ2) is 8.28. The maximum atomic E-state index is 12.4. The van der Waals surface area contributed by atoms with Crippen LogP contribution in [0.15, 0.2) is 58.1 Å². The highest BCUT2D eigenvalue weighted by Gasteiger charge is 2.15. The Kier molecular flexibility index (Phi) is 5.82. The highest BCUT2D eigenvalue weighted by atomic mass is 32.2. The van der Waals surface area contributed by atoms with Gasteiger partial charge in [0.15, 0.2) is 0 Å². The van der Waals surface area contributed by atoms with Gasteiger partial charge in [-0.3, -0.25) is 4.98 Å². The molecule has 0 bridgehead atoms. The molecule has 0 aliphatic heterocycles. The van der Waals surface area contributed by atoms with Crippen molar-refractivity contribution >= 4 is 10.0 Å². The molecule has 0 spiro atoms. The van der Waals surface area contributed by atoms with Gasteiger partial charge in [0.25, 0.3) is 0 Å². The third-order valence-electron chi connectivity index (χ3n) is 3.53. The fourth-order valence-electron chi connectivity index (χ4n) is 2.31. The molecule has 0 saturated carbocycles. The molecule has 9 heteroatoms. The molecular weight excluding hydrogens is 368 g/mol. The van der Waals surface area contributed by atoms with E-state index in [0.717, 1.165) is 5.56 Å². The molecule has 0 aliphatic carbocycles. The molecule has 0 fully saturated rings. The largest absolute Gasteiger partial charge is 0.491 e. The molecule has 0 saturated heterocycles. The van der Waals surface area contributed by atoms with Crippen molar-refractivity contribution in [3.8, 4) is 17.2 Å². The van der Waals surface area contributed by atoms with Gasteiger partial charge in [-0.2, -0.15) is 0 Å². The highest BCUT2D eigenvalue weighted by molar-refractivity contribution is 7.89. The zero-order chi connectivity index (χ0) is 19.3. The van der Waals surface area contributed by atoms with Gasteiger partial charge in [0.05, 0.1) is 11.0 Å². The molecule has 2 aromatic heterocycles. The maximum Gasteiger partial charge on any atom is 0.247 e. The minimum atomic E-state index is -3.62. The quantitative estimate of drug-likeness (QED) is 0.631. The normalized spacial score (nSPS) is 11.7. The van der Waals surface area contributed by atoms with Crippen molar-refractivity contribution in [2.45, 2.75) is 31.3 Å². The van der Waals surface area contributed by atoms with E-state index in [1.165, 1.54) is 12.1 Å². The van der Waals surface area contributed by atoms with Gasteiger partial charge in [-0.1, -0.05) is 0 Å². The molecule has 2 heterocycles. The van der Waals surface area contributed by atoms with Crippen molar-refractivity contribution < 1.29 is 17.6 Å². The molecular formula is C18H20N4O4S. The second-order valence-corrected chi connectivity index (χ2v) is 7.79. The fourth-order valence-corrected chi connectivity index (χ4v) is 3.34. The van der Waals surface area contributed by atoms with Crippen LogP contribution in [-0.4, -0.2) is 36.2 Å². The van der Waals surface area contributed by atoms with Gasteiger partial charge < -0.3 is 9.15 Å². The Labute approximate surface area is 157 Å². The summed E-state index contributed by atoms with van der Waals surface area (Å²) in [4.78, 5) is 4.10. The summed E-state index contributed by atoms with van der Waals surface area (Å²) in [5, 5.41) is 7.89. The van der Waals surface area contributed by atoms with Gasteiger partial charge in [0.1, 0.15) is 5.75 Å². The first-order valence-corrected chi connectivity index (χ1v) is 9.91. The molecule has 0 aliphatic rings. The van der Waals surface area contributed by atoms with Crippen molar-refractivity contribution in [3.05, 3.63) is 54.7 Å². The summed E-state index contributed by atoms with van der Waals surface area (Å²) in [6, 6.07) is 9.79. The Bertz CT molecular complexity index is 970. The summed E-state index contributed by atoms with van der Waals surface area (Å²) in [5.74, 6) is 1.35. The summed E-state index contributed by atoms with van der Waals surface area (Å²) in [7, 11) is -3.62. The monoisotopic (exact) mass is 388 g/mol. The molecule has 0 atom stereocenters. The minimum absolute atomic E-state index is 0.0250. The molecule has 1 N–H and O–H groups in total. The first kappa shape index (κ1) is 19.0. The minimum Gasteiger partial charge on any atom is -0.491 e. The molecule has 0 radical (unpaired) electrons. The molecule has 27 heavy (non-hydrogen) atoms. The number of pyridine rings is 1. The van der Waals surface area contributed by atoms with E-state index in [-0.39, 0.29) is 24.0 Å². The van der Waals surface area contributed by atoms with Crippen LogP contribution in [0.2, 0.25) is 0 Å². The molecule has 1 aromatic carbocycles. The Hall–Kier alpha value is -2.78. The Morgan fingerprint density at radius 1 is 1.07 bits per heavy atom. The predicted molar refractivity (Wildman–Crippen MR) is 98.6 cm³/mol. The summed E-state index contributed by atoms with van der Waals surface area (Å²) < 4.78 is 38.3. The Morgan fingerprint density at radius 2 is 1.78 bits per heavy atom. The lowest BCUT2D eigenvalue weighted by Crippen LogP contribution is -2.26. The summed E-state index contributed by atoms with van der Waals surface area (Å²) in [6.07, 6.45) is 3.57. The van der Waals surface area contributed by atoms with Crippen molar-refractivity contribution in [2.24, 2.45) is 0 Å². The van der Waals surface area contributed by atoms with Gasteiger partial charge in [0, 0.05) is 30.9 Å². The van der Waals surface area contributed by atoms with Crippen LogP contribution in [0.4, 0.5) is 0 Å². The van der Waals surface area contributed by atoms with E-state index in [0.29, 0.717) is 17.5 Å². The average molecular weight is 388 g/mol. The van der Waals surface area contributed by atoms with Crippen LogP contribution >= 0.6 is 0 Å². The lowest BCUT2D eigenvalue weighted by atomic mass is 10.3. The topological polar surface area (TPSA) is 107 Å². The zero-order valence-corrected chi connectivity index (χ0v) is 15.8. The number of hydrogen-bond donors (Lipinski definition) is 1. The average Bonchev–Trinajstić information content (AvgIpc) is 3.11. The Balaban J connectivity index is 1.57. The van der Waals surface area contributed by atoms with Crippen LogP contribution in [0.3, 0.4) is 0 Å². The SMILES string of the molecule is CC(C)Oc1ccc(S(=O)(=O)NCCc2nnc(-c3ccncc3)o2)cc1. The van der Waals surface area contributed by atoms with E-state index in [9.17, 15) is 8.42 Å². The van der Waals surface area contributed by atoms with Gasteiger partial charge in [-0.25, -0.2) is 13.1 Å². The van der Waals surface area contributed by atoms with Crippen LogP contribution in [0.1, 0.15) is 19.7 Å². The number of hydrogen-bond acceptors (Lipinski definition) is 7. The smallest absolute Gasteiger partial charge is 0.247 e. The summed E-state index contributed by atoms with van der Waals surface area (Å²) >= 11 is 0. The van der Waals surface area contributed by atoms with Crippen LogP contribution in [0.25, 0.3) is 11.5 Å². The number of nitrogens with zero attached hydrogens (tertiary/aromatic N) is 3. The zero-order valence-electron chi connectivity index (χ0n) is 15.0. The third kappa shape index (κ3) is 5.11. The maximum absolute atomic E-state index is 12.4. The molecule has 3 aromatic rings. The number of sulfonamides is 1. The third-order valence-corrected chi connectivity index (χ3v) is 5.01. The fraction of sp³-hybridized carbons (Fsp3) is 0.278. The number of ether oxygens (including phenoxy) is 1. The van der Waals surface area contributed by atoms with Gasteiger partial charge in [-0.15, -0.1) is 10.2 Å². The second-order valence-electron chi connectivity index (χ2n) is 6.02. The van der Waals surface area contributed by atoms with E-state index in [2.05, 4.69) is 19.9 Å². The van der Waals surface area contributed by atoms with Crippen molar-refractivity contribution in [1.82, 2.24) is 19.9 Å². The summed E-state index contributed by atoms with van der Waals surface area (Å²) in [5.41, 5.74) is 0.757. The number of rotatable bonds is 8.